The summed E-state index contributed by atoms with van der Waals surface area (Å²) < 4.78 is 12.4. The van der Waals surface area contributed by atoms with Gasteiger partial charge in [0.05, 0.1) is 11.9 Å². The van der Waals surface area contributed by atoms with Crippen LogP contribution in [0.25, 0.3) is 11.3 Å². The molecule has 8 heteroatoms. The SMILES string of the molecule is C=Nc1c(-c2c(C)c(=O)ccn2C2CCC(Cn3cc(C)cn3)CC2)ccn1COCC[Si](C)(C)C. The molecule has 0 aromatic carbocycles. The van der Waals surface area contributed by atoms with Crippen molar-refractivity contribution < 1.29 is 4.74 Å². The fraction of sp³-hybridized carbons (Fsp3) is 0.536. The van der Waals surface area contributed by atoms with Crippen LogP contribution >= 0.6 is 0 Å². The van der Waals surface area contributed by atoms with Gasteiger partial charge in [0.2, 0.25) is 0 Å². The maximum Gasteiger partial charge on any atom is 0.185 e. The molecule has 194 valence electrons. The third kappa shape index (κ3) is 6.15. The van der Waals surface area contributed by atoms with E-state index in [2.05, 4.69) is 64.9 Å². The predicted molar refractivity (Wildman–Crippen MR) is 150 cm³/mol. The van der Waals surface area contributed by atoms with E-state index in [0.717, 1.165) is 67.5 Å². The van der Waals surface area contributed by atoms with E-state index >= 15 is 0 Å². The van der Waals surface area contributed by atoms with Crippen LogP contribution in [0.5, 0.6) is 0 Å². The molecule has 3 aromatic rings. The maximum atomic E-state index is 12.7. The van der Waals surface area contributed by atoms with Crippen LogP contribution < -0.4 is 5.43 Å². The molecule has 36 heavy (non-hydrogen) atoms. The average molecular weight is 508 g/mol. The predicted octanol–water partition coefficient (Wildman–Crippen LogP) is 6.21. The Morgan fingerprint density at radius 2 is 1.89 bits per heavy atom. The van der Waals surface area contributed by atoms with Gasteiger partial charge in [0.15, 0.2) is 5.43 Å². The van der Waals surface area contributed by atoms with Gasteiger partial charge in [-0.05, 0) is 69.8 Å². The summed E-state index contributed by atoms with van der Waals surface area (Å²) >= 11 is 0. The van der Waals surface area contributed by atoms with Gasteiger partial charge in [-0.1, -0.05) is 19.6 Å². The number of pyridine rings is 1. The van der Waals surface area contributed by atoms with Crippen LogP contribution in [0.3, 0.4) is 0 Å². The number of hydrogen-bond donors (Lipinski definition) is 0. The number of aromatic nitrogens is 4. The van der Waals surface area contributed by atoms with E-state index in [9.17, 15) is 4.79 Å². The van der Waals surface area contributed by atoms with E-state index in [4.69, 9.17) is 4.74 Å². The number of rotatable bonds is 10. The minimum absolute atomic E-state index is 0.0538. The van der Waals surface area contributed by atoms with Crippen LogP contribution in [0.4, 0.5) is 5.82 Å². The minimum Gasteiger partial charge on any atom is -0.361 e. The lowest BCUT2D eigenvalue weighted by Crippen LogP contribution is -2.24. The Morgan fingerprint density at radius 3 is 2.53 bits per heavy atom. The molecular weight excluding hydrogens is 466 g/mol. The van der Waals surface area contributed by atoms with Crippen LogP contribution in [0.2, 0.25) is 25.7 Å². The highest BCUT2D eigenvalue weighted by Gasteiger charge is 2.26. The molecule has 1 aliphatic carbocycles. The molecule has 3 heterocycles. The standard InChI is InChI=1S/C28H41N5O2Si/c1-21-17-30-32(18-21)19-23-7-9-24(10-8-23)33-14-12-26(34)22(2)27(33)25-11-13-31(28(25)29-3)20-35-15-16-36(4,5)6/h11-14,17-18,23-24H,3,7-10,15-16,19-20H2,1-2,4-6H3. The first-order chi connectivity index (χ1) is 17.2. The van der Waals surface area contributed by atoms with Crippen molar-refractivity contribution in [3.05, 3.63) is 58.3 Å². The first-order valence-corrected chi connectivity index (χ1v) is 16.8. The van der Waals surface area contributed by atoms with Crippen LogP contribution in [-0.4, -0.2) is 40.3 Å². The molecule has 1 saturated carbocycles. The Kier molecular flexibility index (Phi) is 8.15. The number of hydrogen-bond acceptors (Lipinski definition) is 4. The zero-order chi connectivity index (χ0) is 25.9. The zero-order valence-electron chi connectivity index (χ0n) is 22.5. The van der Waals surface area contributed by atoms with Crippen molar-refractivity contribution in [3.8, 4) is 11.3 Å². The molecule has 0 atom stereocenters. The average Bonchev–Trinajstić information content (AvgIpc) is 3.43. The van der Waals surface area contributed by atoms with Gasteiger partial charge < -0.3 is 13.9 Å². The summed E-state index contributed by atoms with van der Waals surface area (Å²) in [5, 5.41) is 4.47. The fourth-order valence-electron chi connectivity index (χ4n) is 5.21. The summed E-state index contributed by atoms with van der Waals surface area (Å²) in [6, 6.07) is 5.23. The molecule has 0 amide bonds. The molecule has 0 spiro atoms. The maximum absolute atomic E-state index is 12.7. The fourth-order valence-corrected chi connectivity index (χ4v) is 5.97. The molecule has 0 unspecified atom stereocenters. The minimum atomic E-state index is -1.14. The Morgan fingerprint density at radius 1 is 1.14 bits per heavy atom. The lowest BCUT2D eigenvalue weighted by molar-refractivity contribution is 0.0886. The number of aryl methyl sites for hydroxylation is 1. The second kappa shape index (κ2) is 11.1. The van der Waals surface area contributed by atoms with E-state index in [-0.39, 0.29) is 5.43 Å². The van der Waals surface area contributed by atoms with Crippen molar-refractivity contribution in [2.45, 2.75) is 84.5 Å². The summed E-state index contributed by atoms with van der Waals surface area (Å²) in [5.74, 6) is 1.39. The van der Waals surface area contributed by atoms with Crippen LogP contribution in [0.15, 0.2) is 46.7 Å². The van der Waals surface area contributed by atoms with E-state index in [1.807, 2.05) is 30.1 Å². The van der Waals surface area contributed by atoms with Gasteiger partial charge in [0.1, 0.15) is 12.5 Å². The molecule has 3 aromatic heterocycles. The topological polar surface area (TPSA) is 66.3 Å². The molecule has 0 saturated heterocycles. The van der Waals surface area contributed by atoms with Crippen molar-refractivity contribution in [3.63, 3.8) is 0 Å². The molecule has 1 aliphatic rings. The van der Waals surface area contributed by atoms with Crippen molar-refractivity contribution in [2.24, 2.45) is 10.9 Å². The summed E-state index contributed by atoms with van der Waals surface area (Å²) in [6.45, 7) is 17.1. The first-order valence-electron chi connectivity index (χ1n) is 13.1. The van der Waals surface area contributed by atoms with Gasteiger partial charge in [-0.2, -0.15) is 5.10 Å². The molecule has 7 nitrogen and oxygen atoms in total. The second-order valence-corrected chi connectivity index (χ2v) is 17.1. The van der Waals surface area contributed by atoms with Gasteiger partial charge in [-0.25, -0.2) is 4.99 Å². The van der Waals surface area contributed by atoms with E-state index in [1.165, 1.54) is 5.56 Å². The first kappa shape index (κ1) is 26.4. The highest BCUT2D eigenvalue weighted by molar-refractivity contribution is 6.76. The molecular formula is C28H41N5O2Si. The molecule has 0 bridgehead atoms. The summed E-state index contributed by atoms with van der Waals surface area (Å²) in [7, 11) is -1.14. The second-order valence-electron chi connectivity index (χ2n) is 11.5. The van der Waals surface area contributed by atoms with Gasteiger partial charge in [0, 0.05) is 63.1 Å². The third-order valence-corrected chi connectivity index (χ3v) is 9.06. The van der Waals surface area contributed by atoms with Crippen LogP contribution in [0.1, 0.15) is 42.9 Å². The van der Waals surface area contributed by atoms with Gasteiger partial charge in [-0.15, -0.1) is 0 Å². The van der Waals surface area contributed by atoms with Crippen molar-refractivity contribution in [1.29, 1.82) is 0 Å². The highest BCUT2D eigenvalue weighted by Crippen LogP contribution is 2.39. The van der Waals surface area contributed by atoms with Crippen LogP contribution in [-0.2, 0) is 18.0 Å². The number of aliphatic imine (C=N–C) groups is 1. The lowest BCUT2D eigenvalue weighted by Gasteiger charge is -2.32. The summed E-state index contributed by atoms with van der Waals surface area (Å²) in [6.07, 6.45) is 12.5. The van der Waals surface area contributed by atoms with Crippen molar-refractivity contribution in [2.75, 3.05) is 6.61 Å². The Bertz CT molecular complexity index is 1240. The summed E-state index contributed by atoms with van der Waals surface area (Å²) in [5.41, 5.74) is 3.92. The zero-order valence-corrected chi connectivity index (χ0v) is 23.5. The molecule has 0 aliphatic heterocycles. The molecule has 0 radical (unpaired) electrons. The monoisotopic (exact) mass is 507 g/mol. The highest BCUT2D eigenvalue weighted by atomic mass is 28.3. The quantitative estimate of drug-likeness (QED) is 0.186. The molecule has 1 fully saturated rings. The molecule has 4 rings (SSSR count). The van der Waals surface area contributed by atoms with Gasteiger partial charge in [0.25, 0.3) is 0 Å². The number of ether oxygens (including phenoxy) is 1. The Labute approximate surface area is 215 Å². The smallest absolute Gasteiger partial charge is 0.185 e. The van der Waals surface area contributed by atoms with E-state index < -0.39 is 8.07 Å². The van der Waals surface area contributed by atoms with E-state index in [1.54, 1.807) is 6.07 Å². The molecule has 0 N–H and O–H groups in total. The largest absolute Gasteiger partial charge is 0.361 e. The number of nitrogens with zero attached hydrogens (tertiary/aromatic N) is 5. The van der Waals surface area contributed by atoms with Crippen molar-refractivity contribution in [1.82, 2.24) is 18.9 Å². The van der Waals surface area contributed by atoms with Gasteiger partial charge >= 0.3 is 0 Å². The summed E-state index contributed by atoms with van der Waals surface area (Å²) in [4.78, 5) is 17.1. The van der Waals surface area contributed by atoms with E-state index in [0.29, 0.717) is 18.7 Å². The normalized spacial score (nSPS) is 18.5. The van der Waals surface area contributed by atoms with Crippen LogP contribution in [0, 0.1) is 19.8 Å². The Balaban J connectivity index is 1.53. The Hall–Kier alpha value is -2.71. The lowest BCUT2D eigenvalue weighted by atomic mass is 9.85. The third-order valence-electron chi connectivity index (χ3n) is 7.35. The van der Waals surface area contributed by atoms with Gasteiger partial charge in [-0.3, -0.25) is 9.48 Å². The van der Waals surface area contributed by atoms with Crippen molar-refractivity contribution >= 4 is 20.6 Å².